The molecule has 1 aromatic heterocycles. The molecule has 0 radical (unpaired) electrons. The number of piperazine rings is 2. The first-order valence-corrected chi connectivity index (χ1v) is 12.3. The highest BCUT2D eigenvalue weighted by molar-refractivity contribution is 5.93. The van der Waals surface area contributed by atoms with Gasteiger partial charge in [0.1, 0.15) is 6.61 Å². The number of rotatable bonds is 4. The van der Waals surface area contributed by atoms with Gasteiger partial charge in [0.25, 0.3) is 0 Å². The van der Waals surface area contributed by atoms with E-state index in [1.54, 1.807) is 0 Å². The maximum Gasteiger partial charge on any atom is 0.410 e. The third-order valence-electron chi connectivity index (χ3n) is 7.35. The number of hydrogen-bond acceptors (Lipinski definition) is 5. The van der Waals surface area contributed by atoms with Crippen LogP contribution < -0.4 is 9.80 Å². The summed E-state index contributed by atoms with van der Waals surface area (Å²) in [6.07, 6.45) is -0.237. The van der Waals surface area contributed by atoms with Gasteiger partial charge in [0.05, 0.1) is 5.69 Å². The Morgan fingerprint density at radius 3 is 2.29 bits per heavy atom. The molecule has 1 N–H and O–H groups in total. The standard InChI is InChI=1S/C27H35N5O2/c1-20-6-4-8-25(21(20)2)30-14-16-32(17-15-30)27(33)34-19-22-18-23-24(28-22)7-5-9-26(23)31-12-10-29(3)11-13-31/h4-9,18,28H,10-17,19H2,1-3H3. The number of H-pyrrole nitrogens is 1. The van der Waals surface area contributed by atoms with Crippen LogP contribution in [0.1, 0.15) is 16.8 Å². The lowest BCUT2D eigenvalue weighted by Gasteiger charge is -2.36. The Bertz CT molecular complexity index is 1160. The Hall–Kier alpha value is -3.19. The Kier molecular flexibility index (Phi) is 6.37. The number of nitrogens with one attached hydrogen (secondary N) is 1. The van der Waals surface area contributed by atoms with Crippen LogP contribution in [0.15, 0.2) is 42.5 Å². The molecule has 1 amide bonds. The number of benzene rings is 2. The van der Waals surface area contributed by atoms with Crippen molar-refractivity contribution >= 4 is 28.4 Å². The van der Waals surface area contributed by atoms with E-state index in [4.69, 9.17) is 4.74 Å². The van der Waals surface area contributed by atoms with E-state index in [-0.39, 0.29) is 12.7 Å². The number of likely N-dealkylation sites (N-methyl/N-ethyl adjacent to an activating group) is 1. The molecule has 0 spiro atoms. The molecule has 0 atom stereocenters. The molecule has 2 aliphatic rings. The number of ether oxygens (including phenoxy) is 1. The number of carbonyl (C=O) groups excluding carboxylic acids is 1. The average molecular weight is 462 g/mol. The van der Waals surface area contributed by atoms with E-state index in [1.807, 2.05) is 4.90 Å². The molecule has 5 rings (SSSR count). The summed E-state index contributed by atoms with van der Waals surface area (Å²) in [5, 5.41) is 1.19. The highest BCUT2D eigenvalue weighted by atomic mass is 16.6. The highest BCUT2D eigenvalue weighted by Gasteiger charge is 2.24. The molecule has 2 aromatic carbocycles. The molecule has 180 valence electrons. The molecule has 3 aromatic rings. The topological polar surface area (TPSA) is 55.1 Å². The highest BCUT2D eigenvalue weighted by Crippen LogP contribution is 2.29. The molecular formula is C27H35N5O2. The smallest absolute Gasteiger partial charge is 0.410 e. The molecule has 0 bridgehead atoms. The molecule has 7 heteroatoms. The summed E-state index contributed by atoms with van der Waals surface area (Å²) >= 11 is 0. The summed E-state index contributed by atoms with van der Waals surface area (Å²) in [5.41, 5.74) is 7.15. The molecule has 3 heterocycles. The predicted octanol–water partition coefficient (Wildman–Crippen LogP) is 4.00. The minimum Gasteiger partial charge on any atom is -0.443 e. The fraction of sp³-hybridized carbons (Fsp3) is 0.444. The van der Waals surface area contributed by atoms with Gasteiger partial charge in [-0.3, -0.25) is 0 Å². The van der Waals surface area contributed by atoms with Gasteiger partial charge in [0.2, 0.25) is 0 Å². The molecule has 2 aliphatic heterocycles. The van der Waals surface area contributed by atoms with Crippen molar-refractivity contribution in [3.8, 4) is 0 Å². The van der Waals surface area contributed by atoms with Gasteiger partial charge in [-0.05, 0) is 56.3 Å². The van der Waals surface area contributed by atoms with Gasteiger partial charge in [-0.2, -0.15) is 0 Å². The Labute approximate surface area is 201 Å². The lowest BCUT2D eigenvalue weighted by molar-refractivity contribution is 0.0933. The summed E-state index contributed by atoms with van der Waals surface area (Å²) in [7, 11) is 2.17. The zero-order valence-electron chi connectivity index (χ0n) is 20.5. The van der Waals surface area contributed by atoms with E-state index >= 15 is 0 Å². The van der Waals surface area contributed by atoms with Crippen molar-refractivity contribution in [2.75, 3.05) is 69.2 Å². The number of fused-ring (bicyclic) bond motifs is 1. The zero-order chi connectivity index (χ0) is 23.7. The third-order valence-corrected chi connectivity index (χ3v) is 7.35. The van der Waals surface area contributed by atoms with E-state index in [1.165, 1.54) is 27.9 Å². The van der Waals surface area contributed by atoms with Crippen LogP contribution in [-0.2, 0) is 11.3 Å². The van der Waals surface area contributed by atoms with Gasteiger partial charge in [-0.25, -0.2) is 4.79 Å². The number of aromatic amines is 1. The van der Waals surface area contributed by atoms with E-state index < -0.39 is 0 Å². The second kappa shape index (κ2) is 9.58. The number of hydrogen-bond donors (Lipinski definition) is 1. The van der Waals surface area contributed by atoms with Crippen LogP contribution in [0.25, 0.3) is 10.9 Å². The zero-order valence-corrected chi connectivity index (χ0v) is 20.5. The largest absolute Gasteiger partial charge is 0.443 e. The van der Waals surface area contributed by atoms with E-state index in [9.17, 15) is 4.79 Å². The summed E-state index contributed by atoms with van der Waals surface area (Å²) in [4.78, 5) is 25.2. The fourth-order valence-corrected chi connectivity index (χ4v) is 5.04. The van der Waals surface area contributed by atoms with E-state index in [0.717, 1.165) is 50.5 Å². The molecule has 34 heavy (non-hydrogen) atoms. The predicted molar refractivity (Wildman–Crippen MR) is 138 cm³/mol. The maximum absolute atomic E-state index is 12.8. The van der Waals surface area contributed by atoms with Gasteiger partial charge in [0.15, 0.2) is 0 Å². The number of aromatic nitrogens is 1. The second-order valence-electron chi connectivity index (χ2n) is 9.57. The van der Waals surface area contributed by atoms with Crippen molar-refractivity contribution in [1.82, 2.24) is 14.8 Å². The van der Waals surface area contributed by atoms with Crippen LogP contribution in [-0.4, -0.2) is 80.3 Å². The normalized spacial score (nSPS) is 17.4. The van der Waals surface area contributed by atoms with Crippen molar-refractivity contribution < 1.29 is 9.53 Å². The molecule has 0 saturated carbocycles. The van der Waals surface area contributed by atoms with Gasteiger partial charge in [-0.15, -0.1) is 0 Å². The lowest BCUT2D eigenvalue weighted by atomic mass is 10.1. The number of anilines is 2. The molecule has 0 aliphatic carbocycles. The first kappa shape index (κ1) is 22.6. The number of nitrogens with zero attached hydrogens (tertiary/aromatic N) is 4. The Balaban J connectivity index is 1.18. The summed E-state index contributed by atoms with van der Waals surface area (Å²) in [6.45, 7) is 11.7. The average Bonchev–Trinajstić information content (AvgIpc) is 3.28. The van der Waals surface area contributed by atoms with Gasteiger partial charge in [0, 0.05) is 74.6 Å². The Morgan fingerprint density at radius 2 is 1.53 bits per heavy atom. The number of aryl methyl sites for hydroxylation is 1. The van der Waals surface area contributed by atoms with Gasteiger partial charge < -0.3 is 29.3 Å². The van der Waals surface area contributed by atoms with Crippen molar-refractivity contribution in [2.24, 2.45) is 0 Å². The second-order valence-corrected chi connectivity index (χ2v) is 9.57. The molecular weight excluding hydrogens is 426 g/mol. The van der Waals surface area contributed by atoms with Crippen LogP contribution >= 0.6 is 0 Å². The van der Waals surface area contributed by atoms with Gasteiger partial charge >= 0.3 is 6.09 Å². The van der Waals surface area contributed by atoms with Crippen molar-refractivity contribution in [3.05, 3.63) is 59.3 Å². The SMILES string of the molecule is Cc1cccc(N2CCN(C(=O)OCc3cc4c(N5CCN(C)CC5)cccc4[nH]3)CC2)c1C. The van der Waals surface area contributed by atoms with Crippen LogP contribution in [0.5, 0.6) is 0 Å². The lowest BCUT2D eigenvalue weighted by Crippen LogP contribution is -2.49. The van der Waals surface area contributed by atoms with Crippen LogP contribution in [0, 0.1) is 13.8 Å². The van der Waals surface area contributed by atoms with Crippen molar-refractivity contribution in [1.29, 1.82) is 0 Å². The molecule has 2 fully saturated rings. The minimum absolute atomic E-state index is 0.237. The van der Waals surface area contributed by atoms with Crippen LogP contribution in [0.2, 0.25) is 0 Å². The maximum atomic E-state index is 12.8. The molecule has 0 unspecified atom stereocenters. The van der Waals surface area contributed by atoms with Crippen molar-refractivity contribution in [2.45, 2.75) is 20.5 Å². The first-order valence-electron chi connectivity index (χ1n) is 12.3. The van der Waals surface area contributed by atoms with Crippen LogP contribution in [0.4, 0.5) is 16.2 Å². The quantitative estimate of drug-likeness (QED) is 0.637. The summed E-state index contributed by atoms with van der Waals surface area (Å²) in [5.74, 6) is 0. The Morgan fingerprint density at radius 1 is 0.882 bits per heavy atom. The monoisotopic (exact) mass is 461 g/mol. The summed E-state index contributed by atoms with van der Waals surface area (Å²) in [6, 6.07) is 14.9. The van der Waals surface area contributed by atoms with E-state index in [2.05, 4.69) is 83.0 Å². The summed E-state index contributed by atoms with van der Waals surface area (Å²) < 4.78 is 5.70. The minimum atomic E-state index is -0.237. The fourth-order valence-electron chi connectivity index (χ4n) is 5.04. The van der Waals surface area contributed by atoms with Gasteiger partial charge in [-0.1, -0.05) is 18.2 Å². The van der Waals surface area contributed by atoms with Crippen LogP contribution in [0.3, 0.4) is 0 Å². The first-order chi connectivity index (χ1) is 16.5. The molecule has 7 nitrogen and oxygen atoms in total. The van der Waals surface area contributed by atoms with E-state index in [0.29, 0.717) is 13.1 Å². The third kappa shape index (κ3) is 4.57. The number of carbonyl (C=O) groups is 1. The molecule has 2 saturated heterocycles. The number of amides is 1. The van der Waals surface area contributed by atoms with Crippen molar-refractivity contribution in [3.63, 3.8) is 0 Å².